The first-order valence-corrected chi connectivity index (χ1v) is 7.52. The minimum absolute atomic E-state index is 0.609. The lowest BCUT2D eigenvalue weighted by Crippen LogP contribution is -2.15. The molecule has 1 aromatic rings. The fourth-order valence-corrected chi connectivity index (χ4v) is 3.18. The van der Waals surface area contributed by atoms with E-state index in [4.69, 9.17) is 5.10 Å². The fraction of sp³-hybridized carbons (Fsp3) is 0.471. The van der Waals surface area contributed by atoms with Gasteiger partial charge in [-0.05, 0) is 31.7 Å². The maximum atomic E-state index is 4.74. The molecule has 1 aliphatic heterocycles. The Balaban J connectivity index is 1.83. The van der Waals surface area contributed by atoms with Gasteiger partial charge in [0.2, 0.25) is 0 Å². The Morgan fingerprint density at radius 3 is 3.05 bits per heavy atom. The van der Waals surface area contributed by atoms with Gasteiger partial charge in [-0.1, -0.05) is 30.9 Å². The smallest absolute Gasteiger partial charge is 0.108 e. The molecule has 20 heavy (non-hydrogen) atoms. The summed E-state index contributed by atoms with van der Waals surface area (Å²) in [6, 6.07) is 2.25. The third-order valence-electron chi connectivity index (χ3n) is 4.60. The molecule has 1 aromatic heterocycles. The average Bonchev–Trinajstić information content (AvgIpc) is 3.06. The van der Waals surface area contributed by atoms with Gasteiger partial charge in [-0.2, -0.15) is 5.10 Å². The van der Waals surface area contributed by atoms with E-state index in [-0.39, 0.29) is 0 Å². The summed E-state index contributed by atoms with van der Waals surface area (Å²) in [5.74, 6) is 1.24. The Morgan fingerprint density at radius 1 is 1.50 bits per heavy atom. The normalized spacial score (nSPS) is 23.9. The quantitative estimate of drug-likeness (QED) is 0.835. The molecule has 2 unspecified atom stereocenters. The zero-order chi connectivity index (χ0) is 14.1. The van der Waals surface area contributed by atoms with Crippen molar-refractivity contribution in [1.29, 1.82) is 0 Å². The summed E-state index contributed by atoms with van der Waals surface area (Å²) in [6.45, 7) is 8.30. The number of hydrogen-bond acceptors (Lipinski definition) is 2. The van der Waals surface area contributed by atoms with Crippen LogP contribution in [0.15, 0.2) is 36.9 Å². The fourth-order valence-electron chi connectivity index (χ4n) is 3.18. The summed E-state index contributed by atoms with van der Waals surface area (Å²) in [4.78, 5) is 2.15. The van der Waals surface area contributed by atoms with Gasteiger partial charge in [0, 0.05) is 31.7 Å². The number of aromatic nitrogens is 2. The van der Waals surface area contributed by atoms with E-state index in [2.05, 4.69) is 60.5 Å². The van der Waals surface area contributed by atoms with E-state index in [1.807, 2.05) is 0 Å². The summed E-state index contributed by atoms with van der Waals surface area (Å²) in [5, 5.41) is 4.74. The van der Waals surface area contributed by atoms with E-state index in [1.165, 1.54) is 12.1 Å². The lowest BCUT2D eigenvalue weighted by atomic mass is 9.84. The van der Waals surface area contributed by atoms with Crippen molar-refractivity contribution in [2.75, 3.05) is 13.6 Å². The lowest BCUT2D eigenvalue weighted by molar-refractivity contribution is 0.497. The number of nitrogens with zero attached hydrogens (tertiary/aromatic N) is 3. The molecule has 0 saturated carbocycles. The van der Waals surface area contributed by atoms with Crippen LogP contribution < -0.4 is 0 Å². The lowest BCUT2D eigenvalue weighted by Gasteiger charge is -2.20. The molecule has 0 saturated heterocycles. The molecule has 0 amide bonds. The summed E-state index contributed by atoms with van der Waals surface area (Å²) in [7, 11) is 2.07. The molecule has 0 N–H and O–H groups in total. The summed E-state index contributed by atoms with van der Waals surface area (Å²) in [5.41, 5.74) is 3.44. The third-order valence-corrected chi connectivity index (χ3v) is 4.60. The Hall–Kier alpha value is -1.77. The van der Waals surface area contributed by atoms with Crippen molar-refractivity contribution in [3.8, 4) is 0 Å². The van der Waals surface area contributed by atoms with E-state index < -0.39 is 0 Å². The van der Waals surface area contributed by atoms with Gasteiger partial charge in [-0.3, -0.25) is 4.68 Å². The molecule has 3 nitrogen and oxygen atoms in total. The summed E-state index contributed by atoms with van der Waals surface area (Å²) >= 11 is 0. The van der Waals surface area contributed by atoms with Crippen molar-refractivity contribution in [2.24, 2.45) is 5.92 Å². The van der Waals surface area contributed by atoms with Gasteiger partial charge in [0.25, 0.3) is 0 Å². The molecular weight excluding hydrogens is 246 g/mol. The van der Waals surface area contributed by atoms with Crippen LogP contribution in [0.2, 0.25) is 0 Å². The highest BCUT2D eigenvalue weighted by atomic mass is 15.3. The molecular formula is C17H23N3. The molecule has 2 heterocycles. The molecule has 0 bridgehead atoms. The summed E-state index contributed by atoms with van der Waals surface area (Å²) < 4.78 is 2.18. The Bertz CT molecular complexity index is 565. The van der Waals surface area contributed by atoms with E-state index >= 15 is 0 Å². The number of rotatable bonds is 4. The first-order chi connectivity index (χ1) is 9.70. The molecule has 3 heteroatoms. The van der Waals surface area contributed by atoms with Gasteiger partial charge in [0.1, 0.15) is 5.69 Å². The van der Waals surface area contributed by atoms with Crippen molar-refractivity contribution in [1.82, 2.24) is 14.7 Å². The monoisotopic (exact) mass is 269 g/mol. The second-order valence-electron chi connectivity index (χ2n) is 5.75. The molecule has 106 valence electrons. The predicted molar refractivity (Wildman–Crippen MR) is 83.3 cm³/mol. The van der Waals surface area contributed by atoms with E-state index in [9.17, 15) is 0 Å². The highest BCUT2D eigenvalue weighted by molar-refractivity contribution is 5.58. The number of aryl methyl sites for hydroxylation is 1. The molecule has 0 spiro atoms. The van der Waals surface area contributed by atoms with Crippen LogP contribution in [0.25, 0.3) is 5.70 Å². The van der Waals surface area contributed by atoms with Crippen molar-refractivity contribution < 1.29 is 0 Å². The molecule has 0 aromatic carbocycles. The maximum absolute atomic E-state index is 4.74. The molecule has 3 rings (SSSR count). The number of fused-ring (bicyclic) bond motifs is 1. The minimum Gasteiger partial charge on any atom is -0.374 e. The second-order valence-corrected chi connectivity index (χ2v) is 5.75. The molecule has 1 aliphatic carbocycles. The van der Waals surface area contributed by atoms with Crippen molar-refractivity contribution in [3.63, 3.8) is 0 Å². The largest absolute Gasteiger partial charge is 0.374 e. The van der Waals surface area contributed by atoms with Gasteiger partial charge in [-0.25, -0.2) is 0 Å². The van der Waals surface area contributed by atoms with Gasteiger partial charge in [0.05, 0.1) is 5.70 Å². The summed E-state index contributed by atoms with van der Waals surface area (Å²) in [6.07, 6.45) is 11.3. The van der Waals surface area contributed by atoms with Crippen LogP contribution in [0.1, 0.15) is 37.1 Å². The Kier molecular flexibility index (Phi) is 3.51. The van der Waals surface area contributed by atoms with Crippen LogP contribution in [0.5, 0.6) is 0 Å². The van der Waals surface area contributed by atoms with Crippen molar-refractivity contribution >= 4 is 5.70 Å². The Morgan fingerprint density at radius 2 is 2.35 bits per heavy atom. The highest BCUT2D eigenvalue weighted by Crippen LogP contribution is 2.38. The highest BCUT2D eigenvalue weighted by Gasteiger charge is 2.30. The van der Waals surface area contributed by atoms with E-state index in [0.29, 0.717) is 11.8 Å². The number of allylic oxidation sites excluding steroid dienone is 4. The van der Waals surface area contributed by atoms with E-state index in [1.54, 1.807) is 0 Å². The van der Waals surface area contributed by atoms with Crippen LogP contribution in [-0.4, -0.2) is 28.3 Å². The predicted octanol–water partition coefficient (Wildman–Crippen LogP) is 3.43. The molecule has 2 aliphatic rings. The zero-order valence-corrected chi connectivity index (χ0v) is 12.4. The van der Waals surface area contributed by atoms with Crippen LogP contribution in [-0.2, 0) is 6.54 Å². The first kappa shape index (κ1) is 13.2. The standard InChI is InChI=1S/C17H23N3/c1-4-19(3)13(2)16-12-17-15(10-11-20(17)18-16)14-8-6-5-7-9-14/h5-8,12,14-15H,2,4,9-11H2,1,3H3. The second kappa shape index (κ2) is 5.31. The molecule has 0 radical (unpaired) electrons. The van der Waals surface area contributed by atoms with Gasteiger partial charge < -0.3 is 4.90 Å². The Labute approximate surface area is 121 Å². The third kappa shape index (κ3) is 2.21. The maximum Gasteiger partial charge on any atom is 0.108 e. The SMILES string of the molecule is C=C(c1cc2n(n1)CCC2C1C=CC=CC1)N(C)CC. The van der Waals surface area contributed by atoms with Crippen LogP contribution >= 0.6 is 0 Å². The van der Waals surface area contributed by atoms with Gasteiger partial charge >= 0.3 is 0 Å². The first-order valence-electron chi connectivity index (χ1n) is 7.52. The van der Waals surface area contributed by atoms with Crippen molar-refractivity contribution in [2.45, 2.75) is 32.2 Å². The van der Waals surface area contributed by atoms with Gasteiger partial charge in [0.15, 0.2) is 0 Å². The van der Waals surface area contributed by atoms with Gasteiger partial charge in [-0.15, -0.1) is 0 Å². The van der Waals surface area contributed by atoms with Crippen molar-refractivity contribution in [3.05, 3.63) is 48.3 Å². The van der Waals surface area contributed by atoms with Crippen LogP contribution in [0.4, 0.5) is 0 Å². The average molecular weight is 269 g/mol. The topological polar surface area (TPSA) is 21.1 Å². The van der Waals surface area contributed by atoms with Crippen LogP contribution in [0.3, 0.4) is 0 Å². The van der Waals surface area contributed by atoms with E-state index in [0.717, 1.165) is 30.9 Å². The van der Waals surface area contributed by atoms with Crippen LogP contribution in [0, 0.1) is 5.92 Å². The molecule has 0 fully saturated rings. The number of hydrogen-bond donors (Lipinski definition) is 0. The molecule has 2 atom stereocenters. The minimum atomic E-state index is 0.609. The zero-order valence-electron chi connectivity index (χ0n) is 12.4.